The average molecular weight is 439 g/mol. The number of methoxy groups -OCH3 is 1. The van der Waals surface area contributed by atoms with Gasteiger partial charge in [0.25, 0.3) is 15.9 Å². The molecule has 0 aliphatic heterocycles. The van der Waals surface area contributed by atoms with Gasteiger partial charge in [-0.15, -0.1) is 0 Å². The summed E-state index contributed by atoms with van der Waals surface area (Å²) < 4.78 is 31.4. The second kappa shape index (κ2) is 9.01. The zero-order valence-electron chi connectivity index (χ0n) is 17.3. The third-order valence-electron chi connectivity index (χ3n) is 4.88. The highest BCUT2D eigenvalue weighted by Crippen LogP contribution is 2.24. The molecule has 7 nitrogen and oxygen atoms in total. The van der Waals surface area contributed by atoms with Gasteiger partial charge in [-0.2, -0.15) is 0 Å². The number of esters is 1. The Morgan fingerprint density at radius 3 is 2.16 bits per heavy atom. The van der Waals surface area contributed by atoms with Gasteiger partial charge in [0.15, 0.2) is 0 Å². The van der Waals surface area contributed by atoms with E-state index in [4.69, 9.17) is 4.74 Å². The zero-order chi connectivity index (χ0) is 22.6. The largest absolute Gasteiger partial charge is 0.465 e. The Kier molecular flexibility index (Phi) is 6.41. The average Bonchev–Trinajstić information content (AvgIpc) is 2.80. The number of anilines is 2. The molecule has 31 heavy (non-hydrogen) atoms. The topological polar surface area (TPSA) is 92.8 Å². The fourth-order valence-corrected chi connectivity index (χ4v) is 4.23. The quantitative estimate of drug-likeness (QED) is 0.590. The highest BCUT2D eigenvalue weighted by Gasteiger charge is 2.21. The molecule has 3 rings (SSSR count). The second-order valence-electron chi connectivity index (χ2n) is 6.76. The van der Waals surface area contributed by atoms with Gasteiger partial charge in [-0.3, -0.25) is 9.10 Å². The maximum absolute atomic E-state index is 12.8. The van der Waals surface area contributed by atoms with Gasteiger partial charge in [0, 0.05) is 18.3 Å². The summed E-state index contributed by atoms with van der Waals surface area (Å²) in [6, 6.07) is 19.3. The number of carbonyl (C=O) groups excluding carboxylic acids is 2. The van der Waals surface area contributed by atoms with E-state index in [1.54, 1.807) is 67.6 Å². The van der Waals surface area contributed by atoms with Crippen LogP contribution in [0.15, 0.2) is 77.7 Å². The monoisotopic (exact) mass is 438 g/mol. The van der Waals surface area contributed by atoms with Gasteiger partial charge < -0.3 is 10.1 Å². The molecule has 0 atom stereocenters. The normalized spacial score (nSPS) is 10.9. The Hall–Kier alpha value is -3.65. The predicted octanol–water partition coefficient (Wildman–Crippen LogP) is 3.86. The minimum Gasteiger partial charge on any atom is -0.465 e. The number of benzene rings is 3. The summed E-state index contributed by atoms with van der Waals surface area (Å²) in [5.74, 6) is -0.870. The first-order valence-electron chi connectivity index (χ1n) is 9.39. The number of hydrogen-bond acceptors (Lipinski definition) is 5. The van der Waals surface area contributed by atoms with E-state index in [9.17, 15) is 18.0 Å². The molecule has 0 bridgehead atoms. The number of nitrogens with one attached hydrogen (secondary N) is 1. The van der Waals surface area contributed by atoms with Crippen molar-refractivity contribution in [2.45, 2.75) is 11.8 Å². The van der Waals surface area contributed by atoms with Crippen molar-refractivity contribution in [1.82, 2.24) is 0 Å². The molecule has 0 radical (unpaired) electrons. The molecule has 0 saturated heterocycles. The van der Waals surface area contributed by atoms with Crippen molar-refractivity contribution in [3.63, 3.8) is 0 Å². The second-order valence-corrected chi connectivity index (χ2v) is 8.73. The Balaban J connectivity index is 1.79. The highest BCUT2D eigenvalue weighted by atomic mass is 32.2. The van der Waals surface area contributed by atoms with Crippen LogP contribution in [0.3, 0.4) is 0 Å². The lowest BCUT2D eigenvalue weighted by Gasteiger charge is -2.19. The molecule has 0 spiro atoms. The number of rotatable bonds is 6. The summed E-state index contributed by atoms with van der Waals surface area (Å²) in [7, 11) is -0.953. The van der Waals surface area contributed by atoms with Crippen molar-refractivity contribution >= 4 is 33.3 Å². The number of ether oxygens (including phenoxy) is 1. The van der Waals surface area contributed by atoms with Crippen LogP contribution in [0.5, 0.6) is 0 Å². The summed E-state index contributed by atoms with van der Waals surface area (Å²) >= 11 is 0. The van der Waals surface area contributed by atoms with Crippen LogP contribution in [0.25, 0.3) is 0 Å². The molecular formula is C23H22N2O5S. The fraction of sp³-hybridized carbons (Fsp3) is 0.130. The molecule has 0 unspecified atom stereocenters. The molecule has 0 aromatic heterocycles. The number of nitrogens with zero attached hydrogens (tertiary/aromatic N) is 1. The van der Waals surface area contributed by atoms with E-state index in [-0.39, 0.29) is 10.8 Å². The van der Waals surface area contributed by atoms with Crippen molar-refractivity contribution < 1.29 is 22.7 Å². The van der Waals surface area contributed by atoms with Gasteiger partial charge in [-0.25, -0.2) is 13.2 Å². The smallest absolute Gasteiger partial charge is 0.338 e. The molecule has 3 aromatic carbocycles. The lowest BCUT2D eigenvalue weighted by molar-refractivity contribution is 0.0599. The summed E-state index contributed by atoms with van der Waals surface area (Å²) in [5.41, 5.74) is 2.21. The zero-order valence-corrected chi connectivity index (χ0v) is 18.1. The summed E-state index contributed by atoms with van der Waals surface area (Å²) in [5, 5.41) is 2.77. The lowest BCUT2D eigenvalue weighted by Crippen LogP contribution is -2.26. The van der Waals surface area contributed by atoms with Crippen molar-refractivity contribution in [2.75, 3.05) is 23.8 Å². The van der Waals surface area contributed by atoms with Crippen molar-refractivity contribution in [1.29, 1.82) is 0 Å². The number of carbonyl (C=O) groups is 2. The molecule has 0 saturated carbocycles. The molecule has 0 heterocycles. The first-order chi connectivity index (χ1) is 14.8. The maximum Gasteiger partial charge on any atom is 0.338 e. The summed E-state index contributed by atoms with van der Waals surface area (Å²) in [6.07, 6.45) is 0. The van der Waals surface area contributed by atoms with Crippen LogP contribution in [0, 0.1) is 6.92 Å². The number of hydrogen-bond donors (Lipinski definition) is 1. The standard InChI is InChI=1S/C23H22N2O5S/c1-16-20(23(27)30-3)10-7-11-21(16)24-22(26)17-12-14-18(15-13-17)25(2)31(28,29)19-8-5-4-6-9-19/h4-15H,1-3H3,(H,24,26). The van der Waals surface area contributed by atoms with E-state index < -0.39 is 16.0 Å². The minimum atomic E-state index is -3.71. The van der Waals surface area contributed by atoms with Crippen molar-refractivity contribution in [2.24, 2.45) is 0 Å². The minimum absolute atomic E-state index is 0.181. The molecule has 0 fully saturated rings. The van der Waals surface area contributed by atoms with Gasteiger partial charge in [0.2, 0.25) is 0 Å². The SMILES string of the molecule is COC(=O)c1cccc(NC(=O)c2ccc(N(C)S(=O)(=O)c3ccccc3)cc2)c1C. The fourth-order valence-electron chi connectivity index (χ4n) is 3.01. The van der Waals surface area contributed by atoms with Gasteiger partial charge in [-0.1, -0.05) is 24.3 Å². The van der Waals surface area contributed by atoms with E-state index in [1.165, 1.54) is 26.3 Å². The third-order valence-corrected chi connectivity index (χ3v) is 6.68. The van der Waals surface area contributed by atoms with E-state index in [0.29, 0.717) is 28.1 Å². The Bertz CT molecular complexity index is 1210. The van der Waals surface area contributed by atoms with Gasteiger partial charge in [0.05, 0.1) is 23.3 Å². The highest BCUT2D eigenvalue weighted by molar-refractivity contribution is 7.92. The van der Waals surface area contributed by atoms with Gasteiger partial charge in [-0.05, 0) is 61.0 Å². The summed E-state index contributed by atoms with van der Waals surface area (Å²) in [6.45, 7) is 1.72. The Morgan fingerprint density at radius 1 is 0.903 bits per heavy atom. The van der Waals surface area contributed by atoms with E-state index in [0.717, 1.165) is 4.31 Å². The van der Waals surface area contributed by atoms with Crippen LogP contribution >= 0.6 is 0 Å². The van der Waals surface area contributed by atoms with Gasteiger partial charge in [0.1, 0.15) is 0 Å². The molecule has 1 N–H and O–H groups in total. The molecule has 8 heteroatoms. The predicted molar refractivity (Wildman–Crippen MR) is 119 cm³/mol. The molecule has 0 aliphatic carbocycles. The van der Waals surface area contributed by atoms with E-state index >= 15 is 0 Å². The van der Waals surface area contributed by atoms with Crippen LogP contribution in [-0.4, -0.2) is 34.5 Å². The van der Waals surface area contributed by atoms with Crippen LogP contribution in [0.1, 0.15) is 26.3 Å². The molecular weight excluding hydrogens is 416 g/mol. The van der Waals surface area contributed by atoms with Crippen molar-refractivity contribution in [3.8, 4) is 0 Å². The van der Waals surface area contributed by atoms with E-state index in [1.807, 2.05) is 0 Å². The Labute approximate surface area is 181 Å². The number of sulfonamides is 1. The Morgan fingerprint density at radius 2 is 1.55 bits per heavy atom. The summed E-state index contributed by atoms with van der Waals surface area (Å²) in [4.78, 5) is 24.7. The van der Waals surface area contributed by atoms with Crippen LogP contribution in [-0.2, 0) is 14.8 Å². The molecule has 160 valence electrons. The first kappa shape index (κ1) is 22.0. The number of amides is 1. The first-order valence-corrected chi connectivity index (χ1v) is 10.8. The molecule has 0 aliphatic rings. The molecule has 1 amide bonds. The van der Waals surface area contributed by atoms with E-state index in [2.05, 4.69) is 5.32 Å². The van der Waals surface area contributed by atoms with Crippen molar-refractivity contribution in [3.05, 3.63) is 89.5 Å². The third kappa shape index (κ3) is 4.59. The van der Waals surface area contributed by atoms with Crippen LogP contribution in [0.2, 0.25) is 0 Å². The van der Waals surface area contributed by atoms with Crippen LogP contribution < -0.4 is 9.62 Å². The lowest BCUT2D eigenvalue weighted by atomic mass is 10.1. The van der Waals surface area contributed by atoms with Crippen LogP contribution in [0.4, 0.5) is 11.4 Å². The maximum atomic E-state index is 12.8. The molecule has 3 aromatic rings. The van der Waals surface area contributed by atoms with Gasteiger partial charge >= 0.3 is 5.97 Å².